The second-order valence-electron chi connectivity index (χ2n) is 5.99. The van der Waals surface area contributed by atoms with E-state index < -0.39 is 12.6 Å². The van der Waals surface area contributed by atoms with Gasteiger partial charge in [0.2, 0.25) is 0 Å². The summed E-state index contributed by atoms with van der Waals surface area (Å²) in [5, 5.41) is 0. The lowest BCUT2D eigenvalue weighted by molar-refractivity contribution is -0.135. The van der Waals surface area contributed by atoms with Crippen molar-refractivity contribution in [1.29, 1.82) is 0 Å². The van der Waals surface area contributed by atoms with Crippen LogP contribution in [0.4, 0.5) is 13.2 Å². The molecule has 1 aromatic rings. The Morgan fingerprint density at radius 1 is 1.00 bits per heavy atom. The van der Waals surface area contributed by atoms with Crippen molar-refractivity contribution >= 4 is 5.78 Å². The monoisotopic (exact) mass is 344 g/mol. The predicted molar refractivity (Wildman–Crippen MR) is 89.5 cm³/mol. The molecule has 0 aliphatic rings. The molecule has 0 aromatic heterocycles. The fourth-order valence-electron chi connectivity index (χ4n) is 2.46. The van der Waals surface area contributed by atoms with E-state index in [0.717, 1.165) is 32.1 Å². The quantitative estimate of drug-likeness (QED) is 0.326. The van der Waals surface area contributed by atoms with E-state index in [-0.39, 0.29) is 12.2 Å². The maximum Gasteiger partial charge on any atom is 0.389 e. The highest BCUT2D eigenvalue weighted by Gasteiger charge is 2.25. The third-order valence-electron chi connectivity index (χ3n) is 3.85. The summed E-state index contributed by atoms with van der Waals surface area (Å²) in [5.41, 5.74) is 0.675. The highest BCUT2D eigenvalue weighted by molar-refractivity contribution is 5.96. The fraction of sp³-hybridized carbons (Fsp3) is 0.632. The van der Waals surface area contributed by atoms with Crippen LogP contribution < -0.4 is 4.74 Å². The Labute approximate surface area is 142 Å². The van der Waals surface area contributed by atoms with E-state index in [1.807, 2.05) is 19.1 Å². The smallest absolute Gasteiger partial charge is 0.389 e. The number of Topliss-reactive ketones (excluding diaryl/α,β-unsaturated/α-hetero) is 1. The van der Waals surface area contributed by atoms with Gasteiger partial charge >= 0.3 is 6.18 Å². The normalized spacial score (nSPS) is 11.5. The summed E-state index contributed by atoms with van der Waals surface area (Å²) in [6, 6.07) is 7.22. The van der Waals surface area contributed by atoms with Gasteiger partial charge in [-0.05, 0) is 25.0 Å². The van der Waals surface area contributed by atoms with Gasteiger partial charge in [0.15, 0.2) is 5.78 Å². The first-order valence-electron chi connectivity index (χ1n) is 8.75. The zero-order valence-corrected chi connectivity index (χ0v) is 14.3. The van der Waals surface area contributed by atoms with Gasteiger partial charge in [0, 0.05) is 18.4 Å². The summed E-state index contributed by atoms with van der Waals surface area (Å²) in [7, 11) is 0. The number of alkyl halides is 3. The molecule has 0 heterocycles. The Morgan fingerprint density at radius 3 is 2.25 bits per heavy atom. The van der Waals surface area contributed by atoms with Crippen LogP contribution in [0.2, 0.25) is 0 Å². The van der Waals surface area contributed by atoms with Gasteiger partial charge in [-0.25, -0.2) is 0 Å². The number of benzene rings is 1. The standard InChI is InChI=1S/C19H27F3O2/c1-2-18(23)16-11-10-12-17(15-16)24-14-9-7-5-3-4-6-8-13-19(20,21)22/h10-12,15H,2-9,13-14H2,1H3. The second-order valence-corrected chi connectivity index (χ2v) is 5.99. The van der Waals surface area contributed by atoms with E-state index in [4.69, 9.17) is 4.74 Å². The number of ketones is 1. The molecule has 0 radical (unpaired) electrons. The molecular weight excluding hydrogens is 317 g/mol. The first-order chi connectivity index (χ1) is 11.4. The molecule has 0 saturated carbocycles. The molecule has 0 unspecified atom stereocenters. The van der Waals surface area contributed by atoms with Gasteiger partial charge in [-0.15, -0.1) is 0 Å². The average Bonchev–Trinajstić information content (AvgIpc) is 2.55. The molecule has 0 N–H and O–H groups in total. The zero-order chi connectivity index (χ0) is 17.8. The summed E-state index contributed by atoms with van der Waals surface area (Å²) >= 11 is 0. The Kier molecular flexibility index (Phi) is 9.50. The van der Waals surface area contributed by atoms with E-state index in [2.05, 4.69) is 0 Å². The van der Waals surface area contributed by atoms with Gasteiger partial charge in [-0.3, -0.25) is 4.79 Å². The second kappa shape index (κ2) is 11.1. The van der Waals surface area contributed by atoms with Crippen molar-refractivity contribution in [3.05, 3.63) is 29.8 Å². The molecule has 0 spiro atoms. The van der Waals surface area contributed by atoms with Crippen molar-refractivity contribution in [3.63, 3.8) is 0 Å². The molecule has 0 fully saturated rings. The molecule has 0 saturated heterocycles. The van der Waals surface area contributed by atoms with Crippen molar-refractivity contribution in [2.45, 2.75) is 70.9 Å². The van der Waals surface area contributed by atoms with Crippen LogP contribution in [0.25, 0.3) is 0 Å². The van der Waals surface area contributed by atoms with Crippen molar-refractivity contribution in [2.24, 2.45) is 0 Å². The molecule has 0 bridgehead atoms. The van der Waals surface area contributed by atoms with E-state index in [0.29, 0.717) is 30.8 Å². The van der Waals surface area contributed by atoms with E-state index in [1.165, 1.54) is 0 Å². The minimum Gasteiger partial charge on any atom is -0.494 e. The number of hydrogen-bond donors (Lipinski definition) is 0. The van der Waals surface area contributed by atoms with E-state index >= 15 is 0 Å². The summed E-state index contributed by atoms with van der Waals surface area (Å²) in [6.07, 6.45) is 1.44. The molecule has 24 heavy (non-hydrogen) atoms. The van der Waals surface area contributed by atoms with Gasteiger partial charge in [-0.2, -0.15) is 13.2 Å². The molecule has 1 aromatic carbocycles. The maximum atomic E-state index is 12.0. The number of rotatable bonds is 12. The Balaban J connectivity index is 2.03. The molecule has 0 amide bonds. The minimum absolute atomic E-state index is 0.103. The SMILES string of the molecule is CCC(=O)c1cccc(OCCCCCCCCCC(F)(F)F)c1. The van der Waals surface area contributed by atoms with Crippen LogP contribution in [0.3, 0.4) is 0 Å². The lowest BCUT2D eigenvalue weighted by Gasteiger charge is -2.08. The molecular formula is C19H27F3O2. The molecule has 0 atom stereocenters. The first-order valence-corrected chi connectivity index (χ1v) is 8.75. The molecule has 0 aliphatic heterocycles. The lowest BCUT2D eigenvalue weighted by Crippen LogP contribution is -2.06. The number of unbranched alkanes of at least 4 members (excludes halogenated alkanes) is 6. The summed E-state index contributed by atoms with van der Waals surface area (Å²) < 4.78 is 41.5. The van der Waals surface area contributed by atoms with Crippen molar-refractivity contribution in [1.82, 2.24) is 0 Å². The number of carbonyl (C=O) groups is 1. The predicted octanol–water partition coefficient (Wildman–Crippen LogP) is 6.34. The number of halogens is 3. The Bertz CT molecular complexity index is 484. The van der Waals surface area contributed by atoms with E-state index in [9.17, 15) is 18.0 Å². The third-order valence-corrected chi connectivity index (χ3v) is 3.85. The van der Waals surface area contributed by atoms with Gasteiger partial charge in [0.05, 0.1) is 6.61 Å². The molecule has 1 rings (SSSR count). The van der Waals surface area contributed by atoms with Gasteiger partial charge in [0.25, 0.3) is 0 Å². The number of ether oxygens (including phenoxy) is 1. The summed E-state index contributed by atoms with van der Waals surface area (Å²) in [4.78, 5) is 11.6. The zero-order valence-electron chi connectivity index (χ0n) is 14.3. The average molecular weight is 344 g/mol. The van der Waals surface area contributed by atoms with Crippen LogP contribution in [-0.2, 0) is 0 Å². The first kappa shape index (κ1) is 20.5. The van der Waals surface area contributed by atoms with Crippen molar-refractivity contribution in [3.8, 4) is 5.75 Å². The van der Waals surface area contributed by atoms with Crippen molar-refractivity contribution in [2.75, 3.05) is 6.61 Å². The highest BCUT2D eigenvalue weighted by Crippen LogP contribution is 2.23. The minimum atomic E-state index is -4.02. The third kappa shape index (κ3) is 9.58. The van der Waals surface area contributed by atoms with Crippen LogP contribution in [0.15, 0.2) is 24.3 Å². The number of hydrogen-bond acceptors (Lipinski definition) is 2. The van der Waals surface area contributed by atoms with Crippen LogP contribution in [-0.4, -0.2) is 18.6 Å². The molecule has 5 heteroatoms. The Morgan fingerprint density at radius 2 is 1.62 bits per heavy atom. The lowest BCUT2D eigenvalue weighted by atomic mass is 10.1. The number of carbonyl (C=O) groups excluding carboxylic acids is 1. The van der Waals surface area contributed by atoms with Crippen LogP contribution in [0, 0.1) is 0 Å². The van der Waals surface area contributed by atoms with Crippen LogP contribution in [0.1, 0.15) is 75.1 Å². The highest BCUT2D eigenvalue weighted by atomic mass is 19.4. The summed E-state index contributed by atoms with van der Waals surface area (Å²) in [5.74, 6) is 0.812. The van der Waals surface area contributed by atoms with Gasteiger partial charge in [0.1, 0.15) is 5.75 Å². The summed E-state index contributed by atoms with van der Waals surface area (Å²) in [6.45, 7) is 2.43. The largest absolute Gasteiger partial charge is 0.494 e. The maximum absolute atomic E-state index is 12.0. The van der Waals surface area contributed by atoms with Crippen molar-refractivity contribution < 1.29 is 22.7 Å². The van der Waals surface area contributed by atoms with Gasteiger partial charge < -0.3 is 4.74 Å². The van der Waals surface area contributed by atoms with Crippen LogP contribution in [0.5, 0.6) is 5.75 Å². The molecule has 2 nitrogen and oxygen atoms in total. The fourth-order valence-corrected chi connectivity index (χ4v) is 2.46. The molecule has 136 valence electrons. The molecule has 0 aliphatic carbocycles. The Hall–Kier alpha value is -1.52. The van der Waals surface area contributed by atoms with Crippen LogP contribution >= 0.6 is 0 Å². The van der Waals surface area contributed by atoms with Gasteiger partial charge in [-0.1, -0.05) is 51.2 Å². The van der Waals surface area contributed by atoms with E-state index in [1.54, 1.807) is 12.1 Å². The topological polar surface area (TPSA) is 26.3 Å².